The topological polar surface area (TPSA) is 169 Å². The van der Waals surface area contributed by atoms with Crippen LogP contribution in [0.2, 0.25) is 0 Å². The number of benzene rings is 1. The van der Waals surface area contributed by atoms with Gasteiger partial charge in [-0.2, -0.15) is 9.78 Å². The molecule has 2 aliphatic rings. The minimum absolute atomic E-state index is 0.151. The Morgan fingerprint density at radius 2 is 2.00 bits per heavy atom. The monoisotopic (exact) mass is 605 g/mol. The summed E-state index contributed by atoms with van der Waals surface area (Å²) >= 11 is 0. The number of anilines is 4. The number of carbonyl (C=O) groups is 1. The number of sulfone groups is 1. The first kappa shape index (κ1) is 28.7. The molecule has 3 aromatic heterocycles. The summed E-state index contributed by atoms with van der Waals surface area (Å²) in [5, 5.41) is 21.9. The van der Waals surface area contributed by atoms with Crippen molar-refractivity contribution in [3.05, 3.63) is 64.2 Å². The number of hydrogen-bond donors (Lipinski definition) is 3. The second-order valence-corrected chi connectivity index (χ2v) is 13.0. The van der Waals surface area contributed by atoms with Crippen molar-refractivity contribution < 1.29 is 23.1 Å². The summed E-state index contributed by atoms with van der Waals surface area (Å²) in [5.41, 5.74) is 1.64. The zero-order valence-corrected chi connectivity index (χ0v) is 24.7. The molecule has 4 aromatic rings. The highest BCUT2D eigenvalue weighted by Gasteiger charge is 2.37. The fourth-order valence-electron chi connectivity index (χ4n) is 5.62. The molecule has 13 nitrogen and oxygen atoms in total. The second kappa shape index (κ2) is 10.7. The van der Waals surface area contributed by atoms with Gasteiger partial charge in [0.05, 0.1) is 36.2 Å². The van der Waals surface area contributed by atoms with Gasteiger partial charge in [0.25, 0.3) is 5.56 Å². The smallest absolute Gasteiger partial charge is 0.279 e. The maximum atomic E-state index is 13.9. The molecule has 0 radical (unpaired) electrons. The summed E-state index contributed by atoms with van der Waals surface area (Å²) in [4.78, 5) is 36.5. The van der Waals surface area contributed by atoms with Crippen molar-refractivity contribution in [3.8, 4) is 5.69 Å². The second-order valence-electron chi connectivity index (χ2n) is 11.0. The van der Waals surface area contributed by atoms with Gasteiger partial charge in [0.15, 0.2) is 14.9 Å². The van der Waals surface area contributed by atoms with Gasteiger partial charge in [0.1, 0.15) is 17.3 Å². The molecule has 5 heterocycles. The molecule has 1 atom stereocenters. The normalized spacial score (nSPS) is 18.2. The maximum Gasteiger partial charge on any atom is 0.279 e. The first-order valence-corrected chi connectivity index (χ1v) is 15.6. The van der Waals surface area contributed by atoms with Crippen LogP contribution in [0.25, 0.3) is 16.5 Å². The van der Waals surface area contributed by atoms with Gasteiger partial charge in [-0.25, -0.2) is 18.4 Å². The van der Waals surface area contributed by atoms with Crippen molar-refractivity contribution in [1.82, 2.24) is 19.7 Å². The molecule has 1 fully saturated rings. The lowest BCUT2D eigenvalue weighted by Gasteiger charge is -2.27. The summed E-state index contributed by atoms with van der Waals surface area (Å²) in [5.74, 6) is 0.00481. The van der Waals surface area contributed by atoms with Crippen molar-refractivity contribution in [2.45, 2.75) is 30.2 Å². The predicted molar refractivity (Wildman–Crippen MR) is 161 cm³/mol. The Bertz CT molecular complexity index is 1940. The third kappa shape index (κ3) is 5.21. The Kier molecular flexibility index (Phi) is 7.15. The fourth-order valence-corrected chi connectivity index (χ4v) is 6.23. The number of rotatable bonds is 7. The van der Waals surface area contributed by atoms with Crippen LogP contribution in [-0.4, -0.2) is 78.8 Å². The lowest BCUT2D eigenvalue weighted by atomic mass is 9.81. The van der Waals surface area contributed by atoms with Crippen molar-refractivity contribution in [2.24, 2.45) is 0 Å². The third-order valence-corrected chi connectivity index (χ3v) is 8.92. The van der Waals surface area contributed by atoms with E-state index in [1.54, 1.807) is 12.1 Å². The van der Waals surface area contributed by atoms with Crippen LogP contribution in [0.3, 0.4) is 0 Å². The molecule has 1 aromatic carbocycles. The first-order valence-electron chi connectivity index (χ1n) is 13.7. The average Bonchev–Trinajstić information content (AvgIpc) is 3.46. The molecule has 2 aliphatic heterocycles. The van der Waals surface area contributed by atoms with E-state index in [2.05, 4.69) is 25.5 Å². The Balaban J connectivity index is 1.54. The number of aliphatic hydroxyl groups is 1. The highest BCUT2D eigenvalue weighted by molar-refractivity contribution is 7.90. The van der Waals surface area contributed by atoms with E-state index in [4.69, 9.17) is 9.84 Å². The summed E-state index contributed by atoms with van der Waals surface area (Å²) in [6.07, 6.45) is 3.60. The first-order chi connectivity index (χ1) is 20.5. The molecule has 14 heteroatoms. The number of likely N-dealkylation sites (N-methyl/N-ethyl adjacent to an activating group) is 1. The lowest BCUT2D eigenvalue weighted by molar-refractivity contribution is -0.114. The number of hydrogen-bond acceptors (Lipinski definition) is 11. The fraction of sp³-hybridized carbons (Fsp3) is 0.345. The molecule has 3 N–H and O–H groups in total. The molecule has 1 saturated heterocycles. The van der Waals surface area contributed by atoms with Crippen LogP contribution in [0.15, 0.2) is 52.4 Å². The minimum atomic E-state index is -3.75. The van der Waals surface area contributed by atoms with Gasteiger partial charge in [0, 0.05) is 62.4 Å². The third-order valence-electron chi connectivity index (χ3n) is 7.95. The van der Waals surface area contributed by atoms with Gasteiger partial charge in [-0.05, 0) is 36.2 Å². The molecule has 6 rings (SSSR count). The maximum absolute atomic E-state index is 13.9. The van der Waals surface area contributed by atoms with Crippen molar-refractivity contribution in [3.63, 3.8) is 0 Å². The number of carbonyl (C=O) groups excluding carboxylic acids is 1. The molecule has 0 aliphatic carbocycles. The number of amides is 1. The number of pyridine rings is 2. The van der Waals surface area contributed by atoms with E-state index in [9.17, 15) is 23.1 Å². The van der Waals surface area contributed by atoms with E-state index in [1.165, 1.54) is 29.9 Å². The molecule has 0 saturated carbocycles. The van der Waals surface area contributed by atoms with Crippen LogP contribution in [0, 0.1) is 0 Å². The van der Waals surface area contributed by atoms with Gasteiger partial charge in [-0.15, -0.1) is 0 Å². The molecule has 1 amide bonds. The van der Waals surface area contributed by atoms with Gasteiger partial charge in [-0.3, -0.25) is 9.59 Å². The number of aromatic nitrogens is 4. The van der Waals surface area contributed by atoms with Crippen LogP contribution < -0.4 is 21.1 Å². The Hall–Kier alpha value is -4.40. The van der Waals surface area contributed by atoms with Crippen molar-refractivity contribution in [1.29, 1.82) is 0 Å². The van der Waals surface area contributed by atoms with E-state index in [-0.39, 0.29) is 47.0 Å². The highest BCUT2D eigenvalue weighted by atomic mass is 32.2. The van der Waals surface area contributed by atoms with Crippen LogP contribution in [0.4, 0.5) is 23.0 Å². The van der Waals surface area contributed by atoms with Gasteiger partial charge >= 0.3 is 0 Å². The van der Waals surface area contributed by atoms with E-state index in [0.29, 0.717) is 36.1 Å². The number of ether oxygens (including phenoxy) is 1. The zero-order chi connectivity index (χ0) is 30.5. The van der Waals surface area contributed by atoms with Crippen LogP contribution in [0.1, 0.15) is 24.6 Å². The Morgan fingerprint density at radius 1 is 1.19 bits per heavy atom. The molecule has 43 heavy (non-hydrogen) atoms. The molecule has 0 spiro atoms. The summed E-state index contributed by atoms with van der Waals surface area (Å²) in [7, 11) is -1.77. The predicted octanol–water partition coefficient (Wildman–Crippen LogP) is 1.92. The van der Waals surface area contributed by atoms with Gasteiger partial charge < -0.3 is 25.4 Å². The molecule has 224 valence electrons. The summed E-state index contributed by atoms with van der Waals surface area (Å²) in [6, 6.07) is 10.2. The Morgan fingerprint density at radius 3 is 2.70 bits per heavy atom. The van der Waals surface area contributed by atoms with E-state index < -0.39 is 15.3 Å². The summed E-state index contributed by atoms with van der Waals surface area (Å²) < 4.78 is 32.1. The van der Waals surface area contributed by atoms with E-state index in [1.807, 2.05) is 19.2 Å². The van der Waals surface area contributed by atoms with Crippen LogP contribution in [-0.2, 0) is 31.2 Å². The zero-order valence-electron chi connectivity index (χ0n) is 23.9. The standard InChI is InChI=1S/C29H31N7O6S/c1-17(38)31-24-13-21(32-25-11-18(12-26(33-25)43(3,40)41)29(15-37)8-10-42-16-29)23(14-30-24)36-28(39)19-5-4-6-22-27(19)20(34-36)7-9-35(22)2/h4-6,11-14,37H,7-10,15-16H2,1-3H3,(H2,30,31,32,33,38). The van der Waals surface area contributed by atoms with Crippen molar-refractivity contribution in [2.75, 3.05) is 55.2 Å². The Labute approximate surface area is 247 Å². The SMILES string of the molecule is CC(=O)Nc1cc(Nc2cc(C3(CO)CCOC3)cc(S(C)(=O)=O)n2)c(-n2nc3c4c(cccc4c2=O)N(C)CC3)cn1. The molecule has 0 bridgehead atoms. The van der Waals surface area contributed by atoms with Crippen LogP contribution >= 0.6 is 0 Å². The average molecular weight is 606 g/mol. The van der Waals surface area contributed by atoms with E-state index in [0.717, 1.165) is 29.6 Å². The van der Waals surface area contributed by atoms with Crippen molar-refractivity contribution >= 4 is 49.5 Å². The highest BCUT2D eigenvalue weighted by Crippen LogP contribution is 2.36. The summed E-state index contributed by atoms with van der Waals surface area (Å²) in [6.45, 7) is 2.47. The lowest BCUT2D eigenvalue weighted by Crippen LogP contribution is -2.31. The quantitative estimate of drug-likeness (QED) is 0.281. The van der Waals surface area contributed by atoms with Gasteiger partial charge in [0.2, 0.25) is 5.91 Å². The largest absolute Gasteiger partial charge is 0.395 e. The number of nitrogens with zero attached hydrogens (tertiary/aromatic N) is 5. The van der Waals surface area contributed by atoms with Gasteiger partial charge in [-0.1, -0.05) is 6.07 Å². The molecule has 1 unspecified atom stereocenters. The number of aliphatic hydroxyl groups excluding tert-OH is 1. The van der Waals surface area contributed by atoms with Crippen LogP contribution in [0.5, 0.6) is 0 Å². The molecular formula is C29H31N7O6S. The van der Waals surface area contributed by atoms with E-state index >= 15 is 0 Å². The number of nitrogens with one attached hydrogen (secondary N) is 2. The minimum Gasteiger partial charge on any atom is -0.395 e. The molecular weight excluding hydrogens is 574 g/mol.